The van der Waals surface area contributed by atoms with Crippen LogP contribution in [0.1, 0.15) is 38.3 Å². The summed E-state index contributed by atoms with van der Waals surface area (Å²) < 4.78 is 40.2. The number of para-hydroxylation sites is 1. The van der Waals surface area contributed by atoms with Gasteiger partial charge in [-0.05, 0) is 37.0 Å². The molecule has 2 aromatic rings. The van der Waals surface area contributed by atoms with E-state index >= 15 is 0 Å². The van der Waals surface area contributed by atoms with Gasteiger partial charge < -0.3 is 10.2 Å². The summed E-state index contributed by atoms with van der Waals surface area (Å²) in [6.45, 7) is 7.61. The van der Waals surface area contributed by atoms with E-state index in [1.165, 1.54) is 23.1 Å². The maximum Gasteiger partial charge on any atom is 0.244 e. The normalized spacial score (nSPS) is 12.3. The first-order chi connectivity index (χ1) is 15.9. The number of anilines is 1. The van der Waals surface area contributed by atoms with Crippen LogP contribution in [-0.4, -0.2) is 50.5 Å². The van der Waals surface area contributed by atoms with E-state index in [0.29, 0.717) is 13.0 Å². The minimum atomic E-state index is -3.98. The molecule has 0 saturated heterocycles. The number of halogens is 1. The highest BCUT2D eigenvalue weighted by Gasteiger charge is 2.32. The molecule has 0 aliphatic carbocycles. The molecule has 1 N–H and O–H groups in total. The zero-order valence-corrected chi connectivity index (χ0v) is 21.2. The molecule has 186 valence electrons. The molecule has 7 nitrogen and oxygen atoms in total. The first kappa shape index (κ1) is 27.3. The lowest BCUT2D eigenvalue weighted by Gasteiger charge is -2.33. The molecule has 0 unspecified atom stereocenters. The smallest absolute Gasteiger partial charge is 0.244 e. The number of nitrogens with zero attached hydrogens (tertiary/aromatic N) is 2. The van der Waals surface area contributed by atoms with Crippen LogP contribution in [0, 0.1) is 18.7 Å². The zero-order valence-electron chi connectivity index (χ0n) is 20.4. The van der Waals surface area contributed by atoms with Crippen molar-refractivity contribution < 1.29 is 22.4 Å². The lowest BCUT2D eigenvalue weighted by atomic mass is 10.1. The van der Waals surface area contributed by atoms with E-state index in [9.17, 15) is 22.4 Å². The second-order valence-electron chi connectivity index (χ2n) is 8.79. The monoisotopic (exact) mass is 491 g/mol. The number of aryl methyl sites for hydroxylation is 1. The molecular weight excluding hydrogens is 457 g/mol. The van der Waals surface area contributed by atoms with Gasteiger partial charge in [0.1, 0.15) is 18.4 Å². The molecule has 2 amide bonds. The standard InChI is InChI=1S/C25H34FN3O4S/c1-6-22(25(31)27-15-18(2)3)28(16-20-13-11-19(4)12-14-20)24(30)17-29(34(5,32)33)23-10-8-7-9-21(23)26/h7-14,18,22H,6,15-17H2,1-5H3,(H,27,31)/t22-/m1/s1. The van der Waals surface area contributed by atoms with Crippen molar-refractivity contribution in [3.63, 3.8) is 0 Å². The Morgan fingerprint density at radius 1 is 1.06 bits per heavy atom. The van der Waals surface area contributed by atoms with E-state index in [2.05, 4.69) is 5.32 Å². The zero-order chi connectivity index (χ0) is 25.5. The first-order valence-corrected chi connectivity index (χ1v) is 13.1. The quantitative estimate of drug-likeness (QED) is 0.521. The molecule has 0 saturated carbocycles. The van der Waals surface area contributed by atoms with Crippen molar-refractivity contribution in [2.45, 2.75) is 46.7 Å². The number of amides is 2. The summed E-state index contributed by atoms with van der Waals surface area (Å²) >= 11 is 0. The van der Waals surface area contributed by atoms with Crippen LogP contribution in [0.4, 0.5) is 10.1 Å². The van der Waals surface area contributed by atoms with Crippen molar-refractivity contribution in [2.75, 3.05) is 23.7 Å². The Morgan fingerprint density at radius 2 is 1.68 bits per heavy atom. The molecule has 0 spiro atoms. The van der Waals surface area contributed by atoms with Crippen LogP contribution in [-0.2, 0) is 26.2 Å². The van der Waals surface area contributed by atoms with E-state index in [0.717, 1.165) is 27.8 Å². The molecule has 0 radical (unpaired) electrons. The summed E-state index contributed by atoms with van der Waals surface area (Å²) in [4.78, 5) is 27.9. The number of hydrogen-bond acceptors (Lipinski definition) is 4. The van der Waals surface area contributed by atoms with E-state index in [-0.39, 0.29) is 24.1 Å². The average molecular weight is 492 g/mol. The molecule has 34 heavy (non-hydrogen) atoms. The minimum absolute atomic E-state index is 0.113. The summed E-state index contributed by atoms with van der Waals surface area (Å²) in [6.07, 6.45) is 1.25. The van der Waals surface area contributed by atoms with Crippen LogP contribution in [0.15, 0.2) is 48.5 Å². The topological polar surface area (TPSA) is 86.8 Å². The Morgan fingerprint density at radius 3 is 2.21 bits per heavy atom. The molecule has 0 aromatic heterocycles. The fourth-order valence-corrected chi connectivity index (χ4v) is 4.33. The summed E-state index contributed by atoms with van der Waals surface area (Å²) in [5, 5.41) is 2.86. The summed E-state index contributed by atoms with van der Waals surface area (Å²) in [5.74, 6) is -1.44. The van der Waals surface area contributed by atoms with Gasteiger partial charge in [-0.15, -0.1) is 0 Å². The van der Waals surface area contributed by atoms with E-state index < -0.39 is 34.3 Å². The van der Waals surface area contributed by atoms with Crippen LogP contribution >= 0.6 is 0 Å². The molecule has 0 aliphatic heterocycles. The third-order valence-corrected chi connectivity index (χ3v) is 6.47. The second-order valence-corrected chi connectivity index (χ2v) is 10.7. The lowest BCUT2D eigenvalue weighted by Crippen LogP contribution is -2.52. The Labute approximate surface area is 202 Å². The molecule has 9 heteroatoms. The fourth-order valence-electron chi connectivity index (χ4n) is 3.48. The number of sulfonamides is 1. The predicted molar refractivity (Wildman–Crippen MR) is 132 cm³/mol. The number of carbonyl (C=O) groups is 2. The van der Waals surface area contributed by atoms with Crippen molar-refractivity contribution in [1.82, 2.24) is 10.2 Å². The van der Waals surface area contributed by atoms with E-state index in [1.807, 2.05) is 45.0 Å². The molecular formula is C25H34FN3O4S. The Hall–Kier alpha value is -2.94. The van der Waals surface area contributed by atoms with Crippen LogP contribution in [0.5, 0.6) is 0 Å². The lowest BCUT2D eigenvalue weighted by molar-refractivity contribution is -0.140. The van der Waals surface area contributed by atoms with Gasteiger partial charge in [0.2, 0.25) is 21.8 Å². The highest BCUT2D eigenvalue weighted by atomic mass is 32.2. The molecule has 2 rings (SSSR count). The van der Waals surface area contributed by atoms with Gasteiger partial charge >= 0.3 is 0 Å². The number of carbonyl (C=O) groups excluding carboxylic acids is 2. The highest BCUT2D eigenvalue weighted by Crippen LogP contribution is 2.22. The van der Waals surface area contributed by atoms with Gasteiger partial charge in [0.25, 0.3) is 0 Å². The van der Waals surface area contributed by atoms with Crippen LogP contribution in [0.3, 0.4) is 0 Å². The van der Waals surface area contributed by atoms with Gasteiger partial charge in [-0.1, -0.05) is 62.7 Å². The first-order valence-electron chi connectivity index (χ1n) is 11.3. The van der Waals surface area contributed by atoms with Crippen molar-refractivity contribution >= 4 is 27.5 Å². The molecule has 0 heterocycles. The van der Waals surface area contributed by atoms with Crippen molar-refractivity contribution in [1.29, 1.82) is 0 Å². The number of hydrogen-bond donors (Lipinski definition) is 1. The Kier molecular flexibility index (Phi) is 9.61. The SMILES string of the molecule is CC[C@H](C(=O)NCC(C)C)N(Cc1ccc(C)cc1)C(=O)CN(c1ccccc1F)S(C)(=O)=O. The van der Waals surface area contributed by atoms with Crippen molar-refractivity contribution in [3.05, 3.63) is 65.5 Å². The maximum atomic E-state index is 14.4. The largest absolute Gasteiger partial charge is 0.354 e. The Balaban J connectivity index is 2.42. The fraction of sp³-hybridized carbons (Fsp3) is 0.440. The van der Waals surface area contributed by atoms with Crippen molar-refractivity contribution in [3.8, 4) is 0 Å². The van der Waals surface area contributed by atoms with Crippen molar-refractivity contribution in [2.24, 2.45) is 5.92 Å². The van der Waals surface area contributed by atoms with Gasteiger partial charge in [0.05, 0.1) is 11.9 Å². The summed E-state index contributed by atoms with van der Waals surface area (Å²) in [5.41, 5.74) is 1.63. The average Bonchev–Trinajstić information content (AvgIpc) is 2.77. The molecule has 2 aromatic carbocycles. The minimum Gasteiger partial charge on any atom is -0.354 e. The third kappa shape index (κ3) is 7.55. The molecule has 0 fully saturated rings. The highest BCUT2D eigenvalue weighted by molar-refractivity contribution is 7.92. The maximum absolute atomic E-state index is 14.4. The third-order valence-electron chi connectivity index (χ3n) is 5.34. The van der Waals surface area contributed by atoms with Gasteiger partial charge in [0.15, 0.2) is 0 Å². The van der Waals surface area contributed by atoms with Crippen LogP contribution in [0.25, 0.3) is 0 Å². The molecule has 0 bridgehead atoms. The van der Waals surface area contributed by atoms with Gasteiger partial charge in [0, 0.05) is 13.1 Å². The van der Waals surface area contributed by atoms with E-state index in [4.69, 9.17) is 0 Å². The van der Waals surface area contributed by atoms with Gasteiger partial charge in [-0.25, -0.2) is 12.8 Å². The summed E-state index contributed by atoms with van der Waals surface area (Å²) in [7, 11) is -3.98. The Bertz CT molecular complexity index is 1090. The van der Waals surface area contributed by atoms with Gasteiger partial charge in [-0.3, -0.25) is 13.9 Å². The summed E-state index contributed by atoms with van der Waals surface area (Å²) in [6, 6.07) is 12.1. The van der Waals surface area contributed by atoms with Crippen LogP contribution in [0.2, 0.25) is 0 Å². The van der Waals surface area contributed by atoms with Crippen LogP contribution < -0.4 is 9.62 Å². The number of nitrogens with one attached hydrogen (secondary N) is 1. The molecule has 1 atom stereocenters. The second kappa shape index (κ2) is 12.0. The van der Waals surface area contributed by atoms with E-state index in [1.54, 1.807) is 6.92 Å². The molecule has 0 aliphatic rings. The number of benzene rings is 2. The van der Waals surface area contributed by atoms with Gasteiger partial charge in [-0.2, -0.15) is 0 Å². The predicted octanol–water partition coefficient (Wildman–Crippen LogP) is 3.48. The number of rotatable bonds is 11.